The number of piperidine rings is 1. The second kappa shape index (κ2) is 7.51. The molecule has 0 spiro atoms. The van der Waals surface area contributed by atoms with Crippen LogP contribution in [0.5, 0.6) is 0 Å². The molecule has 3 aliphatic rings. The molecule has 3 saturated heterocycles. The van der Waals surface area contributed by atoms with Gasteiger partial charge in [0, 0.05) is 39.3 Å². The lowest BCUT2D eigenvalue weighted by Crippen LogP contribution is -2.43. The van der Waals surface area contributed by atoms with Crippen molar-refractivity contribution >= 4 is 0 Å². The minimum Gasteiger partial charge on any atom is -0.302 e. The SMILES string of the molecule is Fc1cccc(CN2C[C@H]3CN(CCN4CCCC4)CC[C@H]3C2)c1. The summed E-state index contributed by atoms with van der Waals surface area (Å²) >= 11 is 0. The summed E-state index contributed by atoms with van der Waals surface area (Å²) in [6.07, 6.45) is 4.11. The van der Waals surface area contributed by atoms with Crippen molar-refractivity contribution in [2.75, 3.05) is 52.4 Å². The van der Waals surface area contributed by atoms with Crippen molar-refractivity contribution in [3.05, 3.63) is 35.6 Å². The van der Waals surface area contributed by atoms with Gasteiger partial charge in [0.1, 0.15) is 5.82 Å². The van der Waals surface area contributed by atoms with Gasteiger partial charge in [-0.25, -0.2) is 4.39 Å². The van der Waals surface area contributed by atoms with Crippen LogP contribution in [0.3, 0.4) is 0 Å². The molecule has 3 heterocycles. The summed E-state index contributed by atoms with van der Waals surface area (Å²) in [6.45, 7) is 10.9. The van der Waals surface area contributed by atoms with Crippen LogP contribution in [-0.2, 0) is 6.54 Å². The average molecular weight is 331 g/mol. The number of halogens is 1. The Morgan fingerprint density at radius 2 is 1.62 bits per heavy atom. The maximum atomic E-state index is 13.4. The maximum absolute atomic E-state index is 13.4. The highest BCUT2D eigenvalue weighted by atomic mass is 19.1. The first-order valence-electron chi connectivity index (χ1n) is 9.68. The Morgan fingerprint density at radius 3 is 2.46 bits per heavy atom. The fourth-order valence-corrected chi connectivity index (χ4v) is 4.86. The van der Waals surface area contributed by atoms with Gasteiger partial charge < -0.3 is 9.80 Å². The summed E-state index contributed by atoms with van der Waals surface area (Å²) in [6, 6.07) is 7.09. The molecule has 1 aromatic carbocycles. The van der Waals surface area contributed by atoms with E-state index in [4.69, 9.17) is 0 Å². The first-order chi connectivity index (χ1) is 11.8. The lowest BCUT2D eigenvalue weighted by molar-refractivity contribution is 0.134. The molecule has 3 aliphatic heterocycles. The molecule has 132 valence electrons. The third-order valence-electron chi connectivity index (χ3n) is 6.19. The molecule has 24 heavy (non-hydrogen) atoms. The smallest absolute Gasteiger partial charge is 0.123 e. The Kier molecular flexibility index (Phi) is 5.16. The van der Waals surface area contributed by atoms with Gasteiger partial charge in [0.15, 0.2) is 0 Å². The van der Waals surface area contributed by atoms with Crippen LogP contribution in [0.2, 0.25) is 0 Å². The molecule has 0 saturated carbocycles. The molecule has 0 radical (unpaired) electrons. The molecule has 2 atom stereocenters. The van der Waals surface area contributed by atoms with Gasteiger partial charge in [0.05, 0.1) is 0 Å². The second-order valence-electron chi connectivity index (χ2n) is 7.98. The zero-order valence-corrected chi connectivity index (χ0v) is 14.7. The van der Waals surface area contributed by atoms with Crippen molar-refractivity contribution in [2.24, 2.45) is 11.8 Å². The molecule has 0 amide bonds. The summed E-state index contributed by atoms with van der Waals surface area (Å²) < 4.78 is 13.4. The molecule has 3 nitrogen and oxygen atoms in total. The summed E-state index contributed by atoms with van der Waals surface area (Å²) in [5, 5.41) is 0. The third-order valence-corrected chi connectivity index (χ3v) is 6.19. The topological polar surface area (TPSA) is 9.72 Å². The van der Waals surface area contributed by atoms with Crippen molar-refractivity contribution in [1.82, 2.24) is 14.7 Å². The highest BCUT2D eigenvalue weighted by Gasteiger charge is 2.36. The Hall–Kier alpha value is -0.970. The van der Waals surface area contributed by atoms with Gasteiger partial charge in [0.25, 0.3) is 0 Å². The standard InChI is InChI=1S/C20H30FN3/c21-20-5-3-4-17(12-20)13-24-14-18-6-9-23(15-19(18)16-24)11-10-22-7-1-2-8-22/h3-5,12,18-19H,1-2,6-11,13-16H2/t18-,19+/m0/s1. The van der Waals surface area contributed by atoms with Crippen LogP contribution in [-0.4, -0.2) is 67.1 Å². The fraction of sp³-hybridized carbons (Fsp3) is 0.700. The number of likely N-dealkylation sites (tertiary alicyclic amines) is 3. The molecule has 3 fully saturated rings. The first-order valence-corrected chi connectivity index (χ1v) is 9.68. The first kappa shape index (κ1) is 16.5. The van der Waals surface area contributed by atoms with E-state index in [1.165, 1.54) is 77.7 Å². The molecular weight excluding hydrogens is 301 g/mol. The average Bonchev–Trinajstić information content (AvgIpc) is 3.21. The van der Waals surface area contributed by atoms with Crippen LogP contribution in [0.25, 0.3) is 0 Å². The van der Waals surface area contributed by atoms with Crippen LogP contribution in [0, 0.1) is 17.7 Å². The van der Waals surface area contributed by atoms with Crippen molar-refractivity contribution in [1.29, 1.82) is 0 Å². The van der Waals surface area contributed by atoms with E-state index in [1.807, 2.05) is 12.1 Å². The predicted octanol–water partition coefficient (Wildman–Crippen LogP) is 2.68. The fourth-order valence-electron chi connectivity index (χ4n) is 4.86. The van der Waals surface area contributed by atoms with Crippen molar-refractivity contribution < 1.29 is 4.39 Å². The number of hydrogen-bond donors (Lipinski definition) is 0. The lowest BCUT2D eigenvalue weighted by atomic mass is 9.89. The molecule has 4 heteroatoms. The molecule has 1 aromatic rings. The Labute approximate surface area is 145 Å². The van der Waals surface area contributed by atoms with E-state index in [9.17, 15) is 4.39 Å². The normalized spacial score (nSPS) is 29.2. The largest absolute Gasteiger partial charge is 0.302 e. The summed E-state index contributed by atoms with van der Waals surface area (Å²) in [4.78, 5) is 7.84. The quantitative estimate of drug-likeness (QED) is 0.821. The summed E-state index contributed by atoms with van der Waals surface area (Å²) in [5.41, 5.74) is 1.11. The van der Waals surface area contributed by atoms with E-state index in [2.05, 4.69) is 14.7 Å². The van der Waals surface area contributed by atoms with Crippen molar-refractivity contribution in [3.63, 3.8) is 0 Å². The number of hydrogen-bond acceptors (Lipinski definition) is 3. The van der Waals surface area contributed by atoms with Crippen molar-refractivity contribution in [3.8, 4) is 0 Å². The van der Waals surface area contributed by atoms with Crippen LogP contribution in [0.1, 0.15) is 24.8 Å². The minimum atomic E-state index is -0.114. The summed E-state index contributed by atoms with van der Waals surface area (Å²) in [7, 11) is 0. The van der Waals surface area contributed by atoms with Gasteiger partial charge in [-0.2, -0.15) is 0 Å². The van der Waals surface area contributed by atoms with Gasteiger partial charge in [-0.3, -0.25) is 4.90 Å². The Balaban J connectivity index is 1.26. The zero-order valence-electron chi connectivity index (χ0n) is 14.7. The predicted molar refractivity (Wildman–Crippen MR) is 95.4 cm³/mol. The van der Waals surface area contributed by atoms with Crippen LogP contribution in [0.15, 0.2) is 24.3 Å². The summed E-state index contributed by atoms with van der Waals surface area (Å²) in [5.74, 6) is 1.55. The Bertz CT molecular complexity index is 543. The Morgan fingerprint density at radius 1 is 0.875 bits per heavy atom. The van der Waals surface area contributed by atoms with Gasteiger partial charge in [0.2, 0.25) is 0 Å². The molecule has 0 aromatic heterocycles. The van der Waals surface area contributed by atoms with E-state index in [-0.39, 0.29) is 5.82 Å². The highest BCUT2D eigenvalue weighted by molar-refractivity contribution is 5.16. The van der Waals surface area contributed by atoms with Crippen molar-refractivity contribution in [2.45, 2.75) is 25.8 Å². The molecule has 0 unspecified atom stereocenters. The van der Waals surface area contributed by atoms with E-state index < -0.39 is 0 Å². The zero-order chi connectivity index (χ0) is 16.4. The molecule has 0 N–H and O–H groups in total. The number of benzene rings is 1. The lowest BCUT2D eigenvalue weighted by Gasteiger charge is -2.35. The molecule has 0 bridgehead atoms. The van der Waals surface area contributed by atoms with E-state index in [1.54, 1.807) is 6.07 Å². The number of rotatable bonds is 5. The highest BCUT2D eigenvalue weighted by Crippen LogP contribution is 2.32. The third kappa shape index (κ3) is 3.98. The van der Waals surface area contributed by atoms with Crippen LogP contribution in [0.4, 0.5) is 4.39 Å². The minimum absolute atomic E-state index is 0.114. The molecule has 0 aliphatic carbocycles. The van der Waals surface area contributed by atoms with E-state index in [0.29, 0.717) is 0 Å². The van der Waals surface area contributed by atoms with Crippen LogP contribution >= 0.6 is 0 Å². The van der Waals surface area contributed by atoms with Gasteiger partial charge in [-0.1, -0.05) is 12.1 Å². The van der Waals surface area contributed by atoms with Crippen LogP contribution < -0.4 is 0 Å². The van der Waals surface area contributed by atoms with E-state index >= 15 is 0 Å². The van der Waals surface area contributed by atoms with Gasteiger partial charge in [-0.05, 0) is 68.4 Å². The number of fused-ring (bicyclic) bond motifs is 1. The molecule has 4 rings (SSSR count). The van der Waals surface area contributed by atoms with Gasteiger partial charge in [-0.15, -0.1) is 0 Å². The number of nitrogens with zero attached hydrogens (tertiary/aromatic N) is 3. The van der Waals surface area contributed by atoms with Gasteiger partial charge >= 0.3 is 0 Å². The maximum Gasteiger partial charge on any atom is 0.123 e. The van der Waals surface area contributed by atoms with E-state index in [0.717, 1.165) is 23.9 Å². The second-order valence-corrected chi connectivity index (χ2v) is 7.98. The monoisotopic (exact) mass is 331 g/mol. The molecular formula is C20H30FN3.